The van der Waals surface area contributed by atoms with E-state index in [1.165, 1.54) is 7.11 Å². The molecule has 0 saturated heterocycles. The number of rotatable bonds is 7. The smallest absolute Gasteiger partial charge is 0.338 e. The zero-order valence-electron chi connectivity index (χ0n) is 17.0. The number of aliphatic hydroxyl groups is 1. The molecule has 1 atom stereocenters. The number of hydrogen-bond donors (Lipinski definition) is 1. The molecule has 0 amide bonds. The topological polar surface area (TPSA) is 59.0 Å². The number of esters is 1. The van der Waals surface area contributed by atoms with Crippen molar-refractivity contribution in [1.82, 2.24) is 0 Å². The van der Waals surface area contributed by atoms with Crippen molar-refractivity contribution in [2.45, 2.75) is 25.6 Å². The number of carbonyl (C=O) groups excluding carboxylic acids is 1. The monoisotopic (exact) mass is 403 g/mol. The highest BCUT2D eigenvalue weighted by atomic mass is 16.5. The lowest BCUT2D eigenvalue weighted by atomic mass is 10.1. The van der Waals surface area contributed by atoms with Crippen molar-refractivity contribution < 1.29 is 19.4 Å². The van der Waals surface area contributed by atoms with E-state index in [9.17, 15) is 9.90 Å². The van der Waals surface area contributed by atoms with Gasteiger partial charge in [-0.1, -0.05) is 48.5 Å². The van der Waals surface area contributed by atoms with Gasteiger partial charge in [0.25, 0.3) is 0 Å². The van der Waals surface area contributed by atoms with Crippen LogP contribution in [0.25, 0.3) is 0 Å². The van der Waals surface area contributed by atoms with Crippen molar-refractivity contribution in [2.75, 3.05) is 18.6 Å². The Balaban J connectivity index is 1.55. The molecular weight excluding hydrogens is 378 g/mol. The van der Waals surface area contributed by atoms with Gasteiger partial charge in [-0.05, 0) is 47.4 Å². The summed E-state index contributed by atoms with van der Waals surface area (Å²) in [4.78, 5) is 14.3. The highest BCUT2D eigenvalue weighted by molar-refractivity contribution is 5.91. The van der Waals surface area contributed by atoms with Crippen LogP contribution in [0.3, 0.4) is 0 Å². The zero-order chi connectivity index (χ0) is 20.9. The third-order valence-electron chi connectivity index (χ3n) is 5.48. The third kappa shape index (κ3) is 4.16. The van der Waals surface area contributed by atoms with Crippen LogP contribution in [0.2, 0.25) is 0 Å². The van der Waals surface area contributed by atoms with Crippen LogP contribution in [-0.2, 0) is 24.3 Å². The first-order valence-corrected chi connectivity index (χ1v) is 10.0. The predicted molar refractivity (Wildman–Crippen MR) is 116 cm³/mol. The number of nitrogens with zero attached hydrogens (tertiary/aromatic N) is 1. The molecule has 5 nitrogen and oxygen atoms in total. The highest BCUT2D eigenvalue weighted by Gasteiger charge is 2.30. The molecule has 1 aliphatic rings. The summed E-state index contributed by atoms with van der Waals surface area (Å²) in [6.45, 7) is 1.07. The summed E-state index contributed by atoms with van der Waals surface area (Å²) in [7, 11) is 1.39. The molecule has 0 bridgehead atoms. The minimum Gasteiger partial charge on any atom is -0.489 e. The molecule has 3 aromatic rings. The van der Waals surface area contributed by atoms with E-state index in [0.29, 0.717) is 18.7 Å². The van der Waals surface area contributed by atoms with E-state index in [0.717, 1.165) is 34.5 Å². The van der Waals surface area contributed by atoms with Crippen molar-refractivity contribution in [2.24, 2.45) is 0 Å². The second-order valence-electron chi connectivity index (χ2n) is 7.38. The average molecular weight is 403 g/mol. The van der Waals surface area contributed by atoms with Gasteiger partial charge < -0.3 is 19.5 Å². The fourth-order valence-corrected chi connectivity index (χ4v) is 3.93. The van der Waals surface area contributed by atoms with Crippen LogP contribution < -0.4 is 9.64 Å². The molecule has 0 aliphatic carbocycles. The van der Waals surface area contributed by atoms with Gasteiger partial charge in [0.2, 0.25) is 0 Å². The van der Waals surface area contributed by atoms with Gasteiger partial charge in [0.15, 0.2) is 0 Å². The normalized spacial score (nSPS) is 15.0. The molecule has 0 spiro atoms. The van der Waals surface area contributed by atoms with Gasteiger partial charge in [-0.15, -0.1) is 0 Å². The Hall–Kier alpha value is -3.31. The van der Waals surface area contributed by atoms with E-state index in [-0.39, 0.29) is 18.6 Å². The minimum atomic E-state index is -0.352. The minimum absolute atomic E-state index is 0.0370. The van der Waals surface area contributed by atoms with Crippen LogP contribution in [-0.4, -0.2) is 30.8 Å². The summed E-state index contributed by atoms with van der Waals surface area (Å²) in [6.07, 6.45) is 0.731. The van der Waals surface area contributed by atoms with Gasteiger partial charge in [-0.2, -0.15) is 0 Å². The van der Waals surface area contributed by atoms with Crippen molar-refractivity contribution in [3.05, 3.63) is 95.1 Å². The second-order valence-corrected chi connectivity index (χ2v) is 7.38. The van der Waals surface area contributed by atoms with Crippen LogP contribution in [0.5, 0.6) is 5.75 Å². The number of fused-ring (bicyclic) bond motifs is 1. The standard InChI is InChI=1S/C25H25NO4/c1-29-25(28)23-10-6-5-9-19(23)15-26-21(16-27)13-20-14-22(11-12-24(20)26)30-17-18-7-3-2-4-8-18/h2-12,14,21,27H,13,15-17H2,1H3. The third-order valence-corrected chi connectivity index (χ3v) is 5.48. The molecular formula is C25H25NO4. The van der Waals surface area contributed by atoms with Crippen molar-refractivity contribution in [1.29, 1.82) is 0 Å². The van der Waals surface area contributed by atoms with Gasteiger partial charge >= 0.3 is 5.97 Å². The summed E-state index contributed by atoms with van der Waals surface area (Å²) in [5.74, 6) is 0.460. The van der Waals surface area contributed by atoms with Crippen molar-refractivity contribution in [3.63, 3.8) is 0 Å². The Labute approximate surface area is 176 Å². The zero-order valence-corrected chi connectivity index (χ0v) is 17.0. The molecule has 0 saturated carbocycles. The summed E-state index contributed by atoms with van der Waals surface area (Å²) in [5.41, 5.74) is 4.73. The predicted octanol–water partition coefficient (Wildman–Crippen LogP) is 3.98. The van der Waals surface area contributed by atoms with E-state index in [4.69, 9.17) is 9.47 Å². The summed E-state index contributed by atoms with van der Waals surface area (Å²) in [6, 6.07) is 23.5. The number of benzene rings is 3. The molecule has 1 N–H and O–H groups in total. The van der Waals surface area contributed by atoms with Crippen molar-refractivity contribution >= 4 is 11.7 Å². The second kappa shape index (κ2) is 9.01. The maximum Gasteiger partial charge on any atom is 0.338 e. The first-order valence-electron chi connectivity index (χ1n) is 10.0. The van der Waals surface area contributed by atoms with E-state index in [1.54, 1.807) is 6.07 Å². The molecule has 1 aliphatic heterocycles. The largest absolute Gasteiger partial charge is 0.489 e. The maximum absolute atomic E-state index is 12.1. The number of anilines is 1. The molecule has 154 valence electrons. The fraction of sp³-hybridized carbons (Fsp3) is 0.240. The van der Waals surface area contributed by atoms with E-state index in [1.807, 2.05) is 66.7 Å². The first kappa shape index (κ1) is 20.0. The van der Waals surface area contributed by atoms with Crippen LogP contribution in [0, 0.1) is 0 Å². The number of hydrogen-bond acceptors (Lipinski definition) is 5. The summed E-state index contributed by atoms with van der Waals surface area (Å²) < 4.78 is 10.9. The van der Waals surface area contributed by atoms with E-state index < -0.39 is 0 Å². The average Bonchev–Trinajstić information content (AvgIpc) is 3.15. The maximum atomic E-state index is 12.1. The molecule has 30 heavy (non-hydrogen) atoms. The number of methoxy groups -OCH3 is 1. The number of aliphatic hydroxyl groups excluding tert-OH is 1. The SMILES string of the molecule is COC(=O)c1ccccc1CN1c2ccc(OCc3ccccc3)cc2CC1CO. The Kier molecular flexibility index (Phi) is 6.00. The molecule has 1 unspecified atom stereocenters. The van der Waals surface area contributed by atoms with E-state index >= 15 is 0 Å². The summed E-state index contributed by atoms with van der Waals surface area (Å²) >= 11 is 0. The highest BCUT2D eigenvalue weighted by Crippen LogP contribution is 2.36. The lowest BCUT2D eigenvalue weighted by Gasteiger charge is -2.27. The molecule has 5 heteroatoms. The summed E-state index contributed by atoms with van der Waals surface area (Å²) in [5, 5.41) is 9.97. The van der Waals surface area contributed by atoms with E-state index in [2.05, 4.69) is 4.90 Å². The number of carbonyl (C=O) groups is 1. The van der Waals surface area contributed by atoms with Crippen LogP contribution >= 0.6 is 0 Å². The lowest BCUT2D eigenvalue weighted by molar-refractivity contribution is 0.0599. The van der Waals surface area contributed by atoms with Gasteiger partial charge in [0, 0.05) is 12.2 Å². The molecule has 3 aromatic carbocycles. The number of ether oxygens (including phenoxy) is 2. The molecule has 4 rings (SSSR count). The van der Waals surface area contributed by atoms with Crippen LogP contribution in [0.1, 0.15) is 27.0 Å². The molecule has 0 radical (unpaired) electrons. The van der Waals surface area contributed by atoms with Gasteiger partial charge in [-0.25, -0.2) is 4.79 Å². The Morgan fingerprint density at radius 2 is 1.83 bits per heavy atom. The quantitative estimate of drug-likeness (QED) is 0.605. The Morgan fingerprint density at radius 3 is 2.60 bits per heavy atom. The first-order chi connectivity index (χ1) is 14.7. The van der Waals surface area contributed by atoms with Gasteiger partial charge in [0.1, 0.15) is 12.4 Å². The van der Waals surface area contributed by atoms with Gasteiger partial charge in [0.05, 0.1) is 25.3 Å². The molecule has 1 heterocycles. The van der Waals surface area contributed by atoms with Crippen LogP contribution in [0.15, 0.2) is 72.8 Å². The van der Waals surface area contributed by atoms with Gasteiger partial charge in [-0.3, -0.25) is 0 Å². The molecule has 0 aromatic heterocycles. The molecule has 0 fully saturated rings. The fourth-order valence-electron chi connectivity index (χ4n) is 3.93. The Bertz CT molecular complexity index is 1020. The lowest BCUT2D eigenvalue weighted by Crippen LogP contribution is -2.34. The van der Waals surface area contributed by atoms with Crippen molar-refractivity contribution in [3.8, 4) is 5.75 Å². The van der Waals surface area contributed by atoms with Crippen LogP contribution in [0.4, 0.5) is 5.69 Å². The Morgan fingerprint density at radius 1 is 1.07 bits per heavy atom.